The molecule has 2 atom stereocenters. The van der Waals surface area contributed by atoms with Crippen LogP contribution in [0.4, 0.5) is 0 Å². The van der Waals surface area contributed by atoms with Crippen molar-refractivity contribution < 1.29 is 0 Å². The Hall–Kier alpha value is -0.820. The van der Waals surface area contributed by atoms with Crippen LogP contribution in [0.25, 0.3) is 0 Å². The van der Waals surface area contributed by atoms with Gasteiger partial charge in [-0.05, 0) is 30.4 Å². The molecule has 0 aromatic heterocycles. The third kappa shape index (κ3) is 2.46. The van der Waals surface area contributed by atoms with E-state index in [1.165, 1.54) is 18.5 Å². The summed E-state index contributed by atoms with van der Waals surface area (Å²) in [7, 11) is 0. The van der Waals surface area contributed by atoms with Crippen molar-refractivity contribution in [2.45, 2.75) is 39.8 Å². The van der Waals surface area contributed by atoms with E-state index in [4.69, 9.17) is 0 Å². The Labute approximate surface area is 99.5 Å². The van der Waals surface area contributed by atoms with Crippen LogP contribution in [-0.4, -0.2) is 17.5 Å². The zero-order valence-electron chi connectivity index (χ0n) is 10.7. The highest BCUT2D eigenvalue weighted by Gasteiger charge is 2.32. The molecular formula is C15H23N. The summed E-state index contributed by atoms with van der Waals surface area (Å²) >= 11 is 0. The first-order valence-electron chi connectivity index (χ1n) is 6.46. The molecule has 0 N–H and O–H groups in total. The van der Waals surface area contributed by atoms with Crippen LogP contribution in [0.1, 0.15) is 32.8 Å². The van der Waals surface area contributed by atoms with Gasteiger partial charge in [0.25, 0.3) is 0 Å². The van der Waals surface area contributed by atoms with E-state index < -0.39 is 0 Å². The van der Waals surface area contributed by atoms with E-state index in [0.29, 0.717) is 0 Å². The molecule has 0 radical (unpaired) electrons. The molecular weight excluding hydrogens is 194 g/mol. The average Bonchev–Trinajstić information content (AvgIpc) is 2.61. The first-order chi connectivity index (χ1) is 7.68. The van der Waals surface area contributed by atoms with Crippen molar-refractivity contribution in [1.82, 2.24) is 4.90 Å². The van der Waals surface area contributed by atoms with Crippen molar-refractivity contribution in [1.29, 1.82) is 0 Å². The molecule has 1 heterocycles. The molecule has 1 nitrogen and oxygen atoms in total. The zero-order valence-corrected chi connectivity index (χ0v) is 10.7. The van der Waals surface area contributed by atoms with Crippen LogP contribution < -0.4 is 0 Å². The standard InChI is InChI=1S/C15H23N/c1-12(2)15-13(3)9-10-16(15)11-14-7-5-4-6-8-14/h4-8,12-13,15H,9-11H2,1-3H3/t13-,15+/m1/s1. The van der Waals surface area contributed by atoms with Gasteiger partial charge in [0.1, 0.15) is 0 Å². The SMILES string of the molecule is CC(C)[C@H]1[C@H](C)CCN1Cc1ccccc1. The Bertz CT molecular complexity index is 317. The molecule has 1 heteroatoms. The number of hydrogen-bond donors (Lipinski definition) is 0. The molecule has 0 amide bonds. The Morgan fingerprint density at radius 3 is 2.56 bits per heavy atom. The third-order valence-electron chi connectivity index (χ3n) is 3.79. The molecule has 1 fully saturated rings. The summed E-state index contributed by atoms with van der Waals surface area (Å²) in [6, 6.07) is 11.6. The lowest BCUT2D eigenvalue weighted by atomic mass is 9.93. The van der Waals surface area contributed by atoms with E-state index in [0.717, 1.165) is 24.4 Å². The Morgan fingerprint density at radius 1 is 1.25 bits per heavy atom. The van der Waals surface area contributed by atoms with Gasteiger partial charge in [-0.3, -0.25) is 4.90 Å². The zero-order chi connectivity index (χ0) is 11.5. The number of hydrogen-bond acceptors (Lipinski definition) is 1. The fourth-order valence-corrected chi connectivity index (χ4v) is 3.13. The Morgan fingerprint density at radius 2 is 1.94 bits per heavy atom. The monoisotopic (exact) mass is 217 g/mol. The molecule has 1 aromatic carbocycles. The fraction of sp³-hybridized carbons (Fsp3) is 0.600. The second-order valence-electron chi connectivity index (χ2n) is 5.46. The van der Waals surface area contributed by atoms with Gasteiger partial charge in [-0.1, -0.05) is 51.1 Å². The number of likely N-dealkylation sites (tertiary alicyclic amines) is 1. The number of rotatable bonds is 3. The molecule has 1 aromatic rings. The normalized spacial score (nSPS) is 26.5. The predicted octanol–water partition coefficient (Wildman–Crippen LogP) is 3.55. The predicted molar refractivity (Wildman–Crippen MR) is 69.3 cm³/mol. The molecule has 0 spiro atoms. The van der Waals surface area contributed by atoms with E-state index in [1.54, 1.807) is 0 Å². The highest BCUT2D eigenvalue weighted by atomic mass is 15.2. The van der Waals surface area contributed by atoms with Gasteiger partial charge in [0.05, 0.1) is 0 Å². The molecule has 1 aliphatic rings. The summed E-state index contributed by atoms with van der Waals surface area (Å²) in [6.45, 7) is 9.48. The van der Waals surface area contributed by atoms with E-state index in [1.807, 2.05) is 0 Å². The minimum atomic E-state index is 0.764. The minimum absolute atomic E-state index is 0.764. The molecule has 88 valence electrons. The van der Waals surface area contributed by atoms with Crippen molar-refractivity contribution in [3.05, 3.63) is 35.9 Å². The maximum Gasteiger partial charge on any atom is 0.0236 e. The van der Waals surface area contributed by atoms with Gasteiger partial charge in [0, 0.05) is 12.6 Å². The molecule has 1 aliphatic heterocycles. The van der Waals surface area contributed by atoms with Crippen LogP contribution in [-0.2, 0) is 6.54 Å². The summed E-state index contributed by atoms with van der Waals surface area (Å²) in [5.74, 6) is 1.62. The Balaban J connectivity index is 2.05. The quantitative estimate of drug-likeness (QED) is 0.748. The molecule has 2 rings (SSSR count). The second-order valence-corrected chi connectivity index (χ2v) is 5.46. The average molecular weight is 217 g/mol. The molecule has 0 saturated carbocycles. The van der Waals surface area contributed by atoms with Crippen LogP contribution in [0.2, 0.25) is 0 Å². The smallest absolute Gasteiger partial charge is 0.0236 e. The lowest BCUT2D eigenvalue weighted by Gasteiger charge is -2.30. The van der Waals surface area contributed by atoms with Crippen LogP contribution in [0.15, 0.2) is 30.3 Å². The lowest BCUT2D eigenvalue weighted by molar-refractivity contribution is 0.174. The number of benzene rings is 1. The summed E-state index contributed by atoms with van der Waals surface area (Å²) in [6.07, 6.45) is 1.36. The van der Waals surface area contributed by atoms with Crippen molar-refractivity contribution in [2.24, 2.45) is 11.8 Å². The molecule has 16 heavy (non-hydrogen) atoms. The summed E-state index contributed by atoms with van der Waals surface area (Å²) in [4.78, 5) is 2.66. The van der Waals surface area contributed by atoms with Gasteiger partial charge in [-0.2, -0.15) is 0 Å². The van der Waals surface area contributed by atoms with Crippen LogP contribution in [0.3, 0.4) is 0 Å². The van der Waals surface area contributed by atoms with E-state index in [-0.39, 0.29) is 0 Å². The lowest BCUT2D eigenvalue weighted by Crippen LogP contribution is -2.35. The van der Waals surface area contributed by atoms with Crippen molar-refractivity contribution in [3.8, 4) is 0 Å². The molecule has 0 bridgehead atoms. The van der Waals surface area contributed by atoms with Gasteiger partial charge < -0.3 is 0 Å². The van der Waals surface area contributed by atoms with Crippen LogP contribution in [0, 0.1) is 11.8 Å². The van der Waals surface area contributed by atoms with E-state index >= 15 is 0 Å². The first kappa shape index (κ1) is 11.7. The van der Waals surface area contributed by atoms with Crippen molar-refractivity contribution >= 4 is 0 Å². The second kappa shape index (κ2) is 5.01. The van der Waals surface area contributed by atoms with E-state index in [9.17, 15) is 0 Å². The molecule has 1 saturated heterocycles. The maximum atomic E-state index is 2.66. The summed E-state index contributed by atoms with van der Waals surface area (Å²) in [5.41, 5.74) is 1.45. The third-order valence-corrected chi connectivity index (χ3v) is 3.79. The first-order valence-corrected chi connectivity index (χ1v) is 6.46. The van der Waals surface area contributed by atoms with Crippen molar-refractivity contribution in [2.75, 3.05) is 6.54 Å². The molecule has 0 aliphatic carbocycles. The Kier molecular flexibility index (Phi) is 3.65. The summed E-state index contributed by atoms with van der Waals surface area (Å²) < 4.78 is 0. The maximum absolute atomic E-state index is 2.66. The largest absolute Gasteiger partial charge is 0.296 e. The van der Waals surface area contributed by atoms with Gasteiger partial charge in [-0.25, -0.2) is 0 Å². The fourth-order valence-electron chi connectivity index (χ4n) is 3.13. The minimum Gasteiger partial charge on any atom is -0.296 e. The number of nitrogens with zero attached hydrogens (tertiary/aromatic N) is 1. The van der Waals surface area contributed by atoms with E-state index in [2.05, 4.69) is 56.0 Å². The van der Waals surface area contributed by atoms with Gasteiger partial charge >= 0.3 is 0 Å². The van der Waals surface area contributed by atoms with Gasteiger partial charge in [0.15, 0.2) is 0 Å². The topological polar surface area (TPSA) is 3.24 Å². The highest BCUT2D eigenvalue weighted by Crippen LogP contribution is 2.30. The molecule has 0 unspecified atom stereocenters. The van der Waals surface area contributed by atoms with Crippen LogP contribution >= 0.6 is 0 Å². The highest BCUT2D eigenvalue weighted by molar-refractivity contribution is 5.15. The van der Waals surface area contributed by atoms with Gasteiger partial charge in [0.2, 0.25) is 0 Å². The van der Waals surface area contributed by atoms with Crippen LogP contribution in [0.5, 0.6) is 0 Å². The van der Waals surface area contributed by atoms with Gasteiger partial charge in [-0.15, -0.1) is 0 Å². The summed E-state index contributed by atoms with van der Waals surface area (Å²) in [5, 5.41) is 0. The van der Waals surface area contributed by atoms with Crippen molar-refractivity contribution in [3.63, 3.8) is 0 Å².